The predicted octanol–water partition coefficient (Wildman–Crippen LogP) is 6.97. The Kier molecular flexibility index (Phi) is 7.76. The van der Waals surface area contributed by atoms with Gasteiger partial charge in [-0.25, -0.2) is 9.59 Å². The van der Waals surface area contributed by atoms with Crippen LogP contribution in [0.3, 0.4) is 0 Å². The van der Waals surface area contributed by atoms with Gasteiger partial charge in [0.2, 0.25) is 0 Å². The molecule has 1 aromatic heterocycles. The minimum Gasteiger partial charge on any atom is -0.456 e. The van der Waals surface area contributed by atoms with Gasteiger partial charge in [-0.2, -0.15) is 0 Å². The van der Waals surface area contributed by atoms with E-state index in [-0.39, 0.29) is 12.1 Å². The monoisotopic (exact) mass is 518 g/mol. The lowest BCUT2D eigenvalue weighted by molar-refractivity contribution is 0.00692. The van der Waals surface area contributed by atoms with Crippen molar-refractivity contribution < 1.29 is 19.1 Å². The highest BCUT2D eigenvalue weighted by atomic mass is 16.6. The van der Waals surface area contributed by atoms with Gasteiger partial charge in [-0.3, -0.25) is 4.57 Å². The summed E-state index contributed by atoms with van der Waals surface area (Å²) in [6, 6.07) is 14.3. The van der Waals surface area contributed by atoms with Gasteiger partial charge in [0.05, 0.1) is 11.1 Å². The number of nitrogens with zero attached hydrogens (tertiary/aromatic N) is 2. The van der Waals surface area contributed by atoms with E-state index in [0.29, 0.717) is 17.4 Å². The highest BCUT2D eigenvalue weighted by molar-refractivity contribution is 5.93. The van der Waals surface area contributed by atoms with Gasteiger partial charge in [-0.05, 0) is 122 Å². The highest BCUT2D eigenvalue weighted by Gasteiger charge is 2.30. The van der Waals surface area contributed by atoms with Crippen molar-refractivity contribution in [2.24, 2.45) is 5.92 Å². The summed E-state index contributed by atoms with van der Waals surface area (Å²) in [6.45, 7) is 15.3. The lowest BCUT2D eigenvalue weighted by atomic mass is 9.77. The highest BCUT2D eigenvalue weighted by Crippen LogP contribution is 2.37. The summed E-state index contributed by atoms with van der Waals surface area (Å²) in [5.41, 5.74) is 3.96. The van der Waals surface area contributed by atoms with Crippen LogP contribution in [0, 0.1) is 12.8 Å². The summed E-state index contributed by atoms with van der Waals surface area (Å²) >= 11 is 0. The van der Waals surface area contributed by atoms with Gasteiger partial charge in [-0.15, -0.1) is 0 Å². The third-order valence-corrected chi connectivity index (χ3v) is 7.15. The first-order chi connectivity index (χ1) is 17.7. The van der Waals surface area contributed by atoms with Gasteiger partial charge in [0.1, 0.15) is 11.2 Å². The van der Waals surface area contributed by atoms with E-state index in [2.05, 4.69) is 36.2 Å². The first kappa shape index (κ1) is 27.9. The maximum absolute atomic E-state index is 12.9. The smallest absolute Gasteiger partial charge is 0.418 e. The second kappa shape index (κ2) is 10.6. The number of benzene rings is 2. The summed E-state index contributed by atoms with van der Waals surface area (Å²) in [6.07, 6.45) is 3.48. The number of carbonyl (C=O) groups excluding carboxylic acids is 2. The Morgan fingerprint density at radius 1 is 0.921 bits per heavy atom. The third-order valence-electron chi connectivity index (χ3n) is 7.15. The quantitative estimate of drug-likeness (QED) is 0.349. The standard InChI is InChI=1S/C32H42N2O4/c1-21-9-10-24(26-16-18-34(28(21)26)30(36)38-32(5,6)7)19-25-15-17-33(8)20-27(25)22-11-13-23(14-12-22)29(35)37-31(2,3)4/h9-14,16,18,25,27H,15,17,19-20H2,1-8H3/t25-,27-/m0/s1. The minimum atomic E-state index is -0.556. The number of likely N-dealkylation sites (N-methyl/N-ethyl adjacent to an activating group) is 1. The molecule has 2 heterocycles. The summed E-state index contributed by atoms with van der Waals surface area (Å²) < 4.78 is 12.8. The van der Waals surface area contributed by atoms with Crippen LogP contribution in [-0.2, 0) is 15.9 Å². The number of ether oxygens (including phenoxy) is 2. The molecule has 0 spiro atoms. The molecule has 0 aliphatic carbocycles. The Labute approximate surface area is 226 Å². The number of rotatable bonds is 4. The van der Waals surface area contributed by atoms with Gasteiger partial charge in [-0.1, -0.05) is 24.3 Å². The van der Waals surface area contributed by atoms with Crippen LogP contribution in [0.4, 0.5) is 4.79 Å². The number of fused-ring (bicyclic) bond motifs is 1. The van der Waals surface area contributed by atoms with Crippen molar-refractivity contribution in [2.45, 2.75) is 78.4 Å². The second-order valence-electron chi connectivity index (χ2n) is 12.7. The molecule has 0 bridgehead atoms. The molecule has 2 aromatic carbocycles. The predicted molar refractivity (Wildman–Crippen MR) is 152 cm³/mol. The molecule has 0 unspecified atom stereocenters. The second-order valence-corrected chi connectivity index (χ2v) is 12.7. The van der Waals surface area contributed by atoms with Crippen LogP contribution in [0.15, 0.2) is 48.7 Å². The fraction of sp³-hybridized carbons (Fsp3) is 0.500. The minimum absolute atomic E-state index is 0.294. The van der Waals surface area contributed by atoms with E-state index in [0.717, 1.165) is 42.4 Å². The summed E-state index contributed by atoms with van der Waals surface area (Å²) in [4.78, 5) is 27.8. The number of likely N-dealkylation sites (tertiary alicyclic amines) is 1. The summed E-state index contributed by atoms with van der Waals surface area (Å²) in [7, 11) is 2.17. The van der Waals surface area contributed by atoms with Crippen LogP contribution in [0.2, 0.25) is 0 Å². The zero-order chi connectivity index (χ0) is 27.8. The Bertz CT molecular complexity index is 1310. The lowest BCUT2D eigenvalue weighted by Gasteiger charge is -2.37. The molecule has 2 atom stereocenters. The van der Waals surface area contributed by atoms with Gasteiger partial charge in [0, 0.05) is 18.1 Å². The van der Waals surface area contributed by atoms with Crippen LogP contribution in [0.5, 0.6) is 0 Å². The number of piperidine rings is 1. The number of carbonyl (C=O) groups is 2. The molecule has 1 saturated heterocycles. The molecule has 0 N–H and O–H groups in total. The van der Waals surface area contributed by atoms with Crippen molar-refractivity contribution in [1.29, 1.82) is 0 Å². The number of aryl methyl sites for hydroxylation is 1. The van der Waals surface area contributed by atoms with Gasteiger partial charge in [0.25, 0.3) is 0 Å². The number of hydrogen-bond donors (Lipinski definition) is 0. The van der Waals surface area contributed by atoms with E-state index < -0.39 is 11.2 Å². The van der Waals surface area contributed by atoms with Gasteiger partial charge in [0.15, 0.2) is 0 Å². The van der Waals surface area contributed by atoms with Gasteiger partial charge < -0.3 is 14.4 Å². The normalized spacial score (nSPS) is 18.9. The van der Waals surface area contributed by atoms with E-state index >= 15 is 0 Å². The van der Waals surface area contributed by atoms with Crippen molar-refractivity contribution in [3.8, 4) is 0 Å². The van der Waals surface area contributed by atoms with E-state index in [1.165, 1.54) is 11.1 Å². The van der Waals surface area contributed by atoms with Crippen molar-refractivity contribution >= 4 is 23.0 Å². The van der Waals surface area contributed by atoms with Crippen LogP contribution >= 0.6 is 0 Å². The fourth-order valence-corrected chi connectivity index (χ4v) is 5.40. The molecule has 1 aliphatic rings. The number of esters is 1. The largest absolute Gasteiger partial charge is 0.456 e. The summed E-state index contributed by atoms with van der Waals surface area (Å²) in [5, 5.41) is 1.11. The first-order valence-electron chi connectivity index (χ1n) is 13.6. The SMILES string of the molecule is Cc1ccc(C[C@@H]2CCN(C)C[C@H]2c2ccc(C(=O)OC(C)(C)C)cc2)c2ccn(C(=O)OC(C)(C)C)c12. The average Bonchev–Trinajstić information content (AvgIpc) is 3.26. The maximum atomic E-state index is 12.9. The van der Waals surface area contributed by atoms with Crippen LogP contribution < -0.4 is 0 Å². The zero-order valence-electron chi connectivity index (χ0n) is 24.1. The first-order valence-corrected chi connectivity index (χ1v) is 13.6. The van der Waals surface area contributed by atoms with Gasteiger partial charge >= 0.3 is 12.1 Å². The topological polar surface area (TPSA) is 60.8 Å². The van der Waals surface area contributed by atoms with Crippen LogP contribution in [-0.4, -0.2) is 52.9 Å². The van der Waals surface area contributed by atoms with E-state index in [9.17, 15) is 9.59 Å². The number of aromatic nitrogens is 1. The lowest BCUT2D eigenvalue weighted by Crippen LogP contribution is -2.37. The molecule has 4 rings (SSSR count). The van der Waals surface area contributed by atoms with Crippen molar-refractivity contribution in [2.75, 3.05) is 20.1 Å². The molecule has 6 heteroatoms. The van der Waals surface area contributed by atoms with Crippen molar-refractivity contribution in [3.63, 3.8) is 0 Å². The Morgan fingerprint density at radius 2 is 1.58 bits per heavy atom. The Balaban J connectivity index is 1.60. The number of hydrogen-bond acceptors (Lipinski definition) is 5. The molecular weight excluding hydrogens is 476 g/mol. The molecule has 3 aromatic rings. The molecular formula is C32H42N2O4. The Hall–Kier alpha value is -3.12. The molecule has 0 radical (unpaired) electrons. The molecule has 1 fully saturated rings. The zero-order valence-corrected chi connectivity index (χ0v) is 24.1. The van der Waals surface area contributed by atoms with Crippen molar-refractivity contribution in [1.82, 2.24) is 9.47 Å². The summed E-state index contributed by atoms with van der Waals surface area (Å²) in [5.74, 6) is 0.484. The van der Waals surface area contributed by atoms with E-state index in [1.54, 1.807) is 4.57 Å². The molecule has 1 aliphatic heterocycles. The fourth-order valence-electron chi connectivity index (χ4n) is 5.40. The average molecular weight is 519 g/mol. The molecule has 0 saturated carbocycles. The van der Waals surface area contributed by atoms with E-state index in [1.807, 2.05) is 72.9 Å². The third kappa shape index (κ3) is 6.47. The molecule has 204 valence electrons. The maximum Gasteiger partial charge on any atom is 0.418 e. The van der Waals surface area contributed by atoms with Crippen molar-refractivity contribution in [3.05, 3.63) is 70.9 Å². The molecule has 0 amide bonds. The molecule has 38 heavy (non-hydrogen) atoms. The van der Waals surface area contributed by atoms with Crippen LogP contribution in [0.1, 0.15) is 80.9 Å². The molecule has 6 nitrogen and oxygen atoms in total. The van der Waals surface area contributed by atoms with E-state index in [4.69, 9.17) is 9.47 Å². The Morgan fingerprint density at radius 3 is 2.21 bits per heavy atom. The van der Waals surface area contributed by atoms with Crippen LogP contribution in [0.25, 0.3) is 10.9 Å².